The molecular weight excluding hydrogens is 344 g/mol. The summed E-state index contributed by atoms with van der Waals surface area (Å²) in [5.74, 6) is 0.514. The van der Waals surface area contributed by atoms with E-state index >= 15 is 0 Å². The summed E-state index contributed by atoms with van der Waals surface area (Å²) in [6, 6.07) is 5.86. The van der Waals surface area contributed by atoms with Crippen molar-refractivity contribution < 1.29 is 9.13 Å². The van der Waals surface area contributed by atoms with Gasteiger partial charge in [-0.25, -0.2) is 9.37 Å². The second kappa shape index (κ2) is 5.87. The molecule has 1 aromatic heterocycles. The zero-order valence-corrected chi connectivity index (χ0v) is 12.1. The van der Waals surface area contributed by atoms with Crippen LogP contribution in [0.15, 0.2) is 34.9 Å². The average molecular weight is 351 g/mol. The number of alkyl halides is 1. The van der Waals surface area contributed by atoms with Crippen molar-refractivity contribution in [1.82, 2.24) is 4.98 Å². The third-order valence-corrected chi connectivity index (χ3v) is 3.20. The molecule has 0 bridgehead atoms. The van der Waals surface area contributed by atoms with Gasteiger partial charge in [-0.3, -0.25) is 0 Å². The summed E-state index contributed by atoms with van der Waals surface area (Å²) < 4.78 is 19.2. The zero-order chi connectivity index (χ0) is 13.1. The Balaban J connectivity index is 2.28. The molecule has 0 radical (unpaired) electrons. The molecule has 2 aromatic rings. The van der Waals surface area contributed by atoms with E-state index < -0.39 is 5.82 Å². The maximum Gasteiger partial charge on any atom is 0.219 e. The second-order valence-electron chi connectivity index (χ2n) is 3.45. The highest BCUT2D eigenvalue weighted by Crippen LogP contribution is 2.27. The fraction of sp³-hybridized carbons (Fsp3) is 0.0833. The number of hydrogen-bond donors (Lipinski definition) is 0. The van der Waals surface area contributed by atoms with E-state index in [1.54, 1.807) is 12.1 Å². The molecule has 0 amide bonds. The van der Waals surface area contributed by atoms with Crippen molar-refractivity contribution in [1.29, 1.82) is 0 Å². The van der Waals surface area contributed by atoms with Gasteiger partial charge < -0.3 is 4.74 Å². The Kier molecular flexibility index (Phi) is 4.43. The van der Waals surface area contributed by atoms with Gasteiger partial charge in [-0.15, -0.1) is 11.6 Å². The SMILES string of the molecule is Fc1cc(Br)cc(Oc2cc(CCl)c(Cl)cn2)c1. The first-order valence-electron chi connectivity index (χ1n) is 4.93. The maximum atomic E-state index is 13.2. The predicted molar refractivity (Wildman–Crippen MR) is 73.0 cm³/mol. The first-order valence-corrected chi connectivity index (χ1v) is 6.63. The van der Waals surface area contributed by atoms with E-state index in [0.29, 0.717) is 26.7 Å². The van der Waals surface area contributed by atoms with Gasteiger partial charge in [0, 0.05) is 28.7 Å². The summed E-state index contributed by atoms with van der Waals surface area (Å²) >= 11 is 14.8. The molecule has 2 rings (SSSR count). The normalized spacial score (nSPS) is 10.4. The van der Waals surface area contributed by atoms with Gasteiger partial charge in [0.1, 0.15) is 11.6 Å². The van der Waals surface area contributed by atoms with Crippen LogP contribution in [0.2, 0.25) is 5.02 Å². The molecule has 6 heteroatoms. The van der Waals surface area contributed by atoms with Crippen molar-refractivity contribution in [3.8, 4) is 11.6 Å². The number of pyridine rings is 1. The zero-order valence-electron chi connectivity index (χ0n) is 8.96. The molecule has 0 saturated heterocycles. The van der Waals surface area contributed by atoms with Gasteiger partial charge in [0.25, 0.3) is 0 Å². The minimum Gasteiger partial charge on any atom is -0.439 e. The van der Waals surface area contributed by atoms with Gasteiger partial charge in [-0.05, 0) is 17.7 Å². The van der Waals surface area contributed by atoms with E-state index in [0.717, 1.165) is 0 Å². The fourth-order valence-corrected chi connectivity index (χ4v) is 2.23. The third kappa shape index (κ3) is 3.34. The molecule has 0 saturated carbocycles. The van der Waals surface area contributed by atoms with Crippen molar-refractivity contribution in [2.75, 3.05) is 0 Å². The minimum absolute atomic E-state index is 0.255. The van der Waals surface area contributed by atoms with E-state index in [-0.39, 0.29) is 5.88 Å². The van der Waals surface area contributed by atoms with Gasteiger partial charge in [0.2, 0.25) is 5.88 Å². The lowest BCUT2D eigenvalue weighted by Gasteiger charge is -2.07. The van der Waals surface area contributed by atoms with E-state index in [1.165, 1.54) is 18.3 Å². The van der Waals surface area contributed by atoms with Crippen LogP contribution >= 0.6 is 39.1 Å². The quantitative estimate of drug-likeness (QED) is 0.712. The van der Waals surface area contributed by atoms with E-state index in [4.69, 9.17) is 27.9 Å². The van der Waals surface area contributed by atoms with Crippen LogP contribution in [-0.4, -0.2) is 4.98 Å². The Morgan fingerprint density at radius 3 is 2.72 bits per heavy atom. The van der Waals surface area contributed by atoms with E-state index in [1.807, 2.05) is 0 Å². The summed E-state index contributed by atoms with van der Waals surface area (Å²) in [6.45, 7) is 0. The Hall–Kier alpha value is -0.840. The highest BCUT2D eigenvalue weighted by Gasteiger charge is 2.06. The first kappa shape index (κ1) is 13.6. The molecule has 0 spiro atoms. The number of benzene rings is 1. The van der Waals surface area contributed by atoms with Crippen LogP contribution in [0.25, 0.3) is 0 Å². The Morgan fingerprint density at radius 1 is 1.28 bits per heavy atom. The minimum atomic E-state index is -0.397. The molecule has 0 N–H and O–H groups in total. The molecule has 94 valence electrons. The van der Waals surface area contributed by atoms with Crippen LogP contribution in [0, 0.1) is 5.82 Å². The maximum absolute atomic E-state index is 13.2. The monoisotopic (exact) mass is 349 g/mol. The molecule has 0 aliphatic rings. The lowest BCUT2D eigenvalue weighted by Crippen LogP contribution is -1.91. The number of ether oxygens (including phenoxy) is 1. The van der Waals surface area contributed by atoms with Crippen LogP contribution in [0.4, 0.5) is 4.39 Å². The summed E-state index contributed by atoms with van der Waals surface area (Å²) in [5.41, 5.74) is 0.707. The molecule has 18 heavy (non-hydrogen) atoms. The number of nitrogens with zero attached hydrogens (tertiary/aromatic N) is 1. The van der Waals surface area contributed by atoms with Crippen LogP contribution in [0.3, 0.4) is 0 Å². The molecule has 2 nitrogen and oxygen atoms in total. The summed E-state index contributed by atoms with van der Waals surface area (Å²) in [4.78, 5) is 3.99. The standard InChI is InChI=1S/C12H7BrCl2FNO/c13-8-2-9(16)4-10(3-8)18-12-1-7(5-14)11(15)6-17-12/h1-4,6H,5H2. The topological polar surface area (TPSA) is 22.1 Å². The highest BCUT2D eigenvalue weighted by atomic mass is 79.9. The van der Waals surface area contributed by atoms with Gasteiger partial charge in [0.05, 0.1) is 5.02 Å². The largest absolute Gasteiger partial charge is 0.439 e. The molecule has 1 aromatic carbocycles. The molecular formula is C12H7BrCl2FNO. The van der Waals surface area contributed by atoms with Crippen molar-refractivity contribution in [3.63, 3.8) is 0 Å². The lowest BCUT2D eigenvalue weighted by molar-refractivity contribution is 0.457. The Labute approximate surface area is 122 Å². The Bertz CT molecular complexity index is 560. The molecule has 0 aliphatic carbocycles. The van der Waals surface area contributed by atoms with Crippen molar-refractivity contribution >= 4 is 39.1 Å². The summed E-state index contributed by atoms with van der Waals surface area (Å²) in [6.07, 6.45) is 1.45. The van der Waals surface area contributed by atoms with Crippen molar-refractivity contribution in [2.24, 2.45) is 0 Å². The summed E-state index contributed by atoms with van der Waals surface area (Å²) in [7, 11) is 0. The van der Waals surface area contributed by atoms with E-state index in [9.17, 15) is 4.39 Å². The number of hydrogen-bond acceptors (Lipinski definition) is 2. The van der Waals surface area contributed by atoms with E-state index in [2.05, 4.69) is 20.9 Å². The van der Waals surface area contributed by atoms with Gasteiger partial charge >= 0.3 is 0 Å². The average Bonchev–Trinajstić information content (AvgIpc) is 2.30. The second-order valence-corrected chi connectivity index (χ2v) is 5.04. The number of rotatable bonds is 3. The highest BCUT2D eigenvalue weighted by molar-refractivity contribution is 9.10. The number of aromatic nitrogens is 1. The summed E-state index contributed by atoms with van der Waals surface area (Å²) in [5, 5.41) is 0.470. The molecule has 0 atom stereocenters. The molecule has 0 aliphatic heterocycles. The van der Waals surface area contributed by atoms with Gasteiger partial charge in [-0.2, -0.15) is 0 Å². The first-order chi connectivity index (χ1) is 8.58. The third-order valence-electron chi connectivity index (χ3n) is 2.11. The predicted octanol–water partition coefficient (Wildman–Crippen LogP) is 5.17. The molecule has 1 heterocycles. The Morgan fingerprint density at radius 2 is 2.06 bits per heavy atom. The fourth-order valence-electron chi connectivity index (χ4n) is 1.32. The lowest BCUT2D eigenvalue weighted by atomic mass is 10.3. The van der Waals surface area contributed by atoms with Crippen LogP contribution in [0.1, 0.15) is 5.56 Å². The van der Waals surface area contributed by atoms with Crippen molar-refractivity contribution in [3.05, 3.63) is 51.3 Å². The van der Waals surface area contributed by atoms with Crippen LogP contribution in [0.5, 0.6) is 11.6 Å². The number of halogens is 4. The van der Waals surface area contributed by atoms with Gasteiger partial charge in [0.15, 0.2) is 0 Å². The smallest absolute Gasteiger partial charge is 0.219 e. The van der Waals surface area contributed by atoms with Crippen molar-refractivity contribution in [2.45, 2.75) is 5.88 Å². The van der Waals surface area contributed by atoms with Gasteiger partial charge in [-0.1, -0.05) is 27.5 Å². The van der Waals surface area contributed by atoms with Crippen LogP contribution in [-0.2, 0) is 5.88 Å². The van der Waals surface area contributed by atoms with Crippen LogP contribution < -0.4 is 4.74 Å². The molecule has 0 unspecified atom stereocenters. The molecule has 0 fully saturated rings.